The van der Waals surface area contributed by atoms with Gasteiger partial charge in [-0.15, -0.1) is 0 Å². The van der Waals surface area contributed by atoms with E-state index in [9.17, 15) is 18.0 Å². The molecule has 1 N–H and O–H groups in total. The number of carbonyl (C=O) groups excluding carboxylic acids is 1. The Labute approximate surface area is 160 Å². The maximum atomic E-state index is 12.5. The van der Waals surface area contributed by atoms with E-state index in [0.29, 0.717) is 50.5 Å². The quantitative estimate of drug-likeness (QED) is 0.662. The van der Waals surface area contributed by atoms with Gasteiger partial charge in [0.2, 0.25) is 15.9 Å². The van der Waals surface area contributed by atoms with Gasteiger partial charge in [0.1, 0.15) is 6.54 Å². The molecule has 1 aliphatic carbocycles. The van der Waals surface area contributed by atoms with E-state index in [1.54, 1.807) is 29.2 Å². The highest BCUT2D eigenvalue weighted by Crippen LogP contribution is 2.29. The summed E-state index contributed by atoms with van der Waals surface area (Å²) >= 11 is 0. The fourth-order valence-electron chi connectivity index (χ4n) is 2.87. The highest BCUT2D eigenvalue weighted by molar-refractivity contribution is 7.93. The summed E-state index contributed by atoms with van der Waals surface area (Å²) in [5, 5.41) is 7.26. The van der Waals surface area contributed by atoms with Gasteiger partial charge in [-0.05, 0) is 47.5 Å². The standard InChI is InChI=1S/C16H20N6O5S/c23-15(20-7-9-27-10-8-20)11-21-16(24)22(19-18-21)13-3-1-12(2-4-13)17-28(25,26)14-5-6-14/h1-4,14,17H,5-11H2. The monoisotopic (exact) mass is 408 g/mol. The van der Waals surface area contributed by atoms with Crippen LogP contribution < -0.4 is 10.4 Å². The van der Waals surface area contributed by atoms with Crippen LogP contribution in [0.5, 0.6) is 0 Å². The Bertz CT molecular complexity index is 1020. The third-order valence-electron chi connectivity index (χ3n) is 4.62. The lowest BCUT2D eigenvalue weighted by Crippen LogP contribution is -2.43. The predicted molar refractivity (Wildman–Crippen MR) is 98.6 cm³/mol. The van der Waals surface area contributed by atoms with Crippen molar-refractivity contribution < 1.29 is 17.9 Å². The topological polar surface area (TPSA) is 128 Å². The van der Waals surface area contributed by atoms with Gasteiger partial charge in [0.25, 0.3) is 0 Å². The number of benzene rings is 1. The van der Waals surface area contributed by atoms with Crippen LogP contribution in [-0.4, -0.2) is 70.6 Å². The van der Waals surface area contributed by atoms with Crippen LogP contribution >= 0.6 is 0 Å². The molecule has 2 heterocycles. The maximum absolute atomic E-state index is 12.5. The van der Waals surface area contributed by atoms with E-state index in [4.69, 9.17) is 4.74 Å². The first-order chi connectivity index (χ1) is 13.4. The van der Waals surface area contributed by atoms with Crippen molar-refractivity contribution in [1.29, 1.82) is 0 Å². The summed E-state index contributed by atoms with van der Waals surface area (Å²) in [5.74, 6) is -0.220. The van der Waals surface area contributed by atoms with E-state index in [1.807, 2.05) is 0 Å². The van der Waals surface area contributed by atoms with E-state index < -0.39 is 15.7 Å². The van der Waals surface area contributed by atoms with Gasteiger partial charge in [0.15, 0.2) is 0 Å². The molecule has 1 saturated heterocycles. The second-order valence-electron chi connectivity index (χ2n) is 6.72. The number of amides is 1. The van der Waals surface area contributed by atoms with Crippen molar-refractivity contribution in [3.05, 3.63) is 34.7 Å². The summed E-state index contributed by atoms with van der Waals surface area (Å²) in [7, 11) is -3.35. The number of hydrogen-bond acceptors (Lipinski definition) is 7. The first kappa shape index (κ1) is 18.6. The van der Waals surface area contributed by atoms with Gasteiger partial charge < -0.3 is 9.64 Å². The number of aromatic nitrogens is 4. The van der Waals surface area contributed by atoms with Gasteiger partial charge in [-0.1, -0.05) is 0 Å². The molecule has 150 valence electrons. The molecule has 28 heavy (non-hydrogen) atoms. The van der Waals surface area contributed by atoms with Crippen LogP contribution in [0, 0.1) is 0 Å². The molecule has 0 bridgehead atoms. The molecule has 12 heteroatoms. The summed E-state index contributed by atoms with van der Waals surface area (Å²) in [6, 6.07) is 6.24. The van der Waals surface area contributed by atoms with Crippen LogP contribution in [0.25, 0.3) is 5.69 Å². The zero-order chi connectivity index (χ0) is 19.7. The van der Waals surface area contributed by atoms with Crippen LogP contribution in [0.3, 0.4) is 0 Å². The molecule has 2 fully saturated rings. The molecule has 1 aromatic carbocycles. The highest BCUT2D eigenvalue weighted by Gasteiger charge is 2.35. The van der Waals surface area contributed by atoms with Crippen LogP contribution in [-0.2, 0) is 26.1 Å². The summed E-state index contributed by atoms with van der Waals surface area (Å²) in [6.45, 7) is 1.73. The molecule has 4 rings (SSSR count). The van der Waals surface area contributed by atoms with Crippen LogP contribution in [0.15, 0.2) is 29.1 Å². The van der Waals surface area contributed by atoms with Crippen molar-refractivity contribution >= 4 is 21.6 Å². The van der Waals surface area contributed by atoms with Crippen molar-refractivity contribution in [2.75, 3.05) is 31.0 Å². The van der Waals surface area contributed by atoms with Crippen LogP contribution in [0.4, 0.5) is 5.69 Å². The van der Waals surface area contributed by atoms with Crippen molar-refractivity contribution in [2.24, 2.45) is 0 Å². The smallest absolute Gasteiger partial charge is 0.368 e. The predicted octanol–water partition coefficient (Wildman–Crippen LogP) is -0.808. The summed E-state index contributed by atoms with van der Waals surface area (Å²) in [4.78, 5) is 26.4. The average Bonchev–Trinajstić information content (AvgIpc) is 3.50. The zero-order valence-corrected chi connectivity index (χ0v) is 15.8. The molecular weight excluding hydrogens is 388 g/mol. The fraction of sp³-hybridized carbons (Fsp3) is 0.500. The summed E-state index contributed by atoms with van der Waals surface area (Å²) < 4.78 is 33.7. The zero-order valence-electron chi connectivity index (χ0n) is 15.0. The number of carbonyl (C=O) groups is 1. The van der Waals surface area contributed by atoms with Gasteiger partial charge in [0.05, 0.1) is 24.2 Å². The molecule has 1 aromatic heterocycles. The Morgan fingerprint density at radius 1 is 1.14 bits per heavy atom. The van der Waals surface area contributed by atoms with Gasteiger partial charge in [0, 0.05) is 18.8 Å². The average molecular weight is 408 g/mol. The van der Waals surface area contributed by atoms with Gasteiger partial charge in [-0.3, -0.25) is 9.52 Å². The molecule has 1 saturated carbocycles. The highest BCUT2D eigenvalue weighted by atomic mass is 32.2. The first-order valence-electron chi connectivity index (χ1n) is 8.94. The minimum Gasteiger partial charge on any atom is -0.378 e. The summed E-state index contributed by atoms with van der Waals surface area (Å²) in [5.41, 5.74) is 0.288. The maximum Gasteiger partial charge on any atom is 0.368 e. The Kier molecular flexibility index (Phi) is 4.89. The minimum atomic E-state index is -3.35. The number of tetrazole rings is 1. The number of ether oxygens (including phenoxy) is 1. The van der Waals surface area contributed by atoms with E-state index in [2.05, 4.69) is 15.1 Å². The fourth-order valence-corrected chi connectivity index (χ4v) is 4.26. The SMILES string of the molecule is O=C(Cn1nnn(-c2ccc(NS(=O)(=O)C3CC3)cc2)c1=O)N1CCOCC1. The van der Waals surface area contributed by atoms with Crippen LogP contribution in [0.1, 0.15) is 12.8 Å². The van der Waals surface area contributed by atoms with Gasteiger partial charge >= 0.3 is 5.69 Å². The number of morpholine rings is 1. The lowest BCUT2D eigenvalue weighted by atomic mass is 10.3. The number of anilines is 1. The van der Waals surface area contributed by atoms with Gasteiger partial charge in [-0.2, -0.15) is 9.36 Å². The minimum absolute atomic E-state index is 0.196. The number of rotatable bonds is 6. The molecule has 2 aromatic rings. The van der Waals surface area contributed by atoms with E-state index in [-0.39, 0.29) is 17.7 Å². The molecule has 0 atom stereocenters. The molecule has 1 amide bonds. The molecule has 1 aliphatic heterocycles. The third kappa shape index (κ3) is 3.92. The van der Waals surface area contributed by atoms with E-state index in [0.717, 1.165) is 9.36 Å². The summed E-state index contributed by atoms with van der Waals surface area (Å²) in [6.07, 6.45) is 1.35. The first-order valence-corrected chi connectivity index (χ1v) is 10.5. The molecule has 0 unspecified atom stereocenters. The number of hydrogen-bond donors (Lipinski definition) is 1. The second kappa shape index (κ2) is 7.36. The Hall–Kier alpha value is -2.73. The Morgan fingerprint density at radius 2 is 1.82 bits per heavy atom. The van der Waals surface area contributed by atoms with Crippen molar-refractivity contribution in [3.63, 3.8) is 0 Å². The van der Waals surface area contributed by atoms with E-state index in [1.165, 1.54) is 0 Å². The van der Waals surface area contributed by atoms with Crippen LogP contribution in [0.2, 0.25) is 0 Å². The molecule has 0 radical (unpaired) electrons. The lowest BCUT2D eigenvalue weighted by molar-refractivity contribution is -0.136. The number of nitrogens with zero attached hydrogens (tertiary/aromatic N) is 5. The number of nitrogens with one attached hydrogen (secondary N) is 1. The van der Waals surface area contributed by atoms with Crippen molar-refractivity contribution in [2.45, 2.75) is 24.6 Å². The third-order valence-corrected chi connectivity index (χ3v) is 6.49. The van der Waals surface area contributed by atoms with Crippen molar-refractivity contribution in [3.8, 4) is 5.69 Å². The second-order valence-corrected chi connectivity index (χ2v) is 8.68. The number of sulfonamides is 1. The molecular formula is C16H20N6O5S. The van der Waals surface area contributed by atoms with Crippen molar-refractivity contribution in [1.82, 2.24) is 24.7 Å². The Balaban J connectivity index is 1.46. The molecule has 0 spiro atoms. The molecule has 11 nitrogen and oxygen atoms in total. The lowest BCUT2D eigenvalue weighted by Gasteiger charge is -2.26. The van der Waals surface area contributed by atoms with E-state index >= 15 is 0 Å². The molecule has 2 aliphatic rings. The Morgan fingerprint density at radius 3 is 2.46 bits per heavy atom. The normalized spacial score (nSPS) is 17.5. The van der Waals surface area contributed by atoms with Gasteiger partial charge in [-0.25, -0.2) is 13.2 Å². The largest absolute Gasteiger partial charge is 0.378 e.